The van der Waals surface area contributed by atoms with Crippen LogP contribution in [0.3, 0.4) is 0 Å². The third-order valence-corrected chi connectivity index (χ3v) is 7.85. The summed E-state index contributed by atoms with van der Waals surface area (Å²) in [6.45, 7) is 0. The minimum Gasteiger partial charge on any atom is -0.507 e. The number of benzene rings is 2. The summed E-state index contributed by atoms with van der Waals surface area (Å²) in [6.07, 6.45) is 7.02. The molecule has 0 radical (unpaired) electrons. The SMILES string of the molecule is Nc1ncccc1-c1nc2c(Cl)cc(-n3cccn3)nc2n1-c1ccc2c(c1)CC[C@@H]2NC(=O)c1ccc(O)c(C=O)c1. The Morgan fingerprint density at radius 3 is 2.77 bits per heavy atom. The number of aldehydes is 1. The highest BCUT2D eigenvalue weighted by atomic mass is 35.5. The van der Waals surface area contributed by atoms with Gasteiger partial charge in [-0.2, -0.15) is 5.10 Å². The lowest BCUT2D eigenvalue weighted by Crippen LogP contribution is -2.27. The standard InChI is InChI=1S/C31H23ClN8O3/c32-23-15-26(39-12-2-11-35-39)37-30-27(23)38-29(22-3-1-10-34-28(22)33)40(30)20-6-7-21-17(14-20)4-8-24(21)36-31(43)18-5-9-25(42)19(13-18)16-41/h1-3,5-7,9-16,24,42H,4,8H2,(H2,33,34)(H,36,43)/t24-/m0/s1. The van der Waals surface area contributed by atoms with E-state index in [9.17, 15) is 14.7 Å². The number of nitrogens with two attached hydrogens (primary N) is 1. The molecule has 212 valence electrons. The van der Waals surface area contributed by atoms with E-state index in [1.807, 2.05) is 22.8 Å². The summed E-state index contributed by atoms with van der Waals surface area (Å²) in [6, 6.07) is 17.1. The molecule has 1 atom stereocenters. The highest BCUT2D eigenvalue weighted by molar-refractivity contribution is 6.35. The molecule has 0 aliphatic heterocycles. The van der Waals surface area contributed by atoms with E-state index in [4.69, 9.17) is 27.3 Å². The van der Waals surface area contributed by atoms with E-state index in [-0.39, 0.29) is 23.3 Å². The third-order valence-electron chi connectivity index (χ3n) is 7.56. The number of hydrogen-bond acceptors (Lipinski definition) is 8. The molecule has 43 heavy (non-hydrogen) atoms. The van der Waals surface area contributed by atoms with Crippen LogP contribution in [0.2, 0.25) is 5.02 Å². The summed E-state index contributed by atoms with van der Waals surface area (Å²) in [5, 5.41) is 17.6. The Hall–Kier alpha value is -5.55. The van der Waals surface area contributed by atoms with E-state index in [0.717, 1.165) is 23.2 Å². The van der Waals surface area contributed by atoms with Gasteiger partial charge in [-0.25, -0.2) is 19.6 Å². The van der Waals surface area contributed by atoms with E-state index in [1.165, 1.54) is 18.2 Å². The number of halogens is 1. The first-order valence-corrected chi connectivity index (χ1v) is 13.8. The Labute approximate surface area is 249 Å². The molecule has 2 aromatic carbocycles. The molecule has 7 rings (SSSR count). The van der Waals surface area contributed by atoms with Gasteiger partial charge >= 0.3 is 0 Å². The van der Waals surface area contributed by atoms with E-state index in [0.29, 0.717) is 57.5 Å². The number of aromatic nitrogens is 6. The zero-order valence-electron chi connectivity index (χ0n) is 22.5. The van der Waals surface area contributed by atoms with Crippen molar-refractivity contribution in [3.63, 3.8) is 0 Å². The number of phenols is 1. The van der Waals surface area contributed by atoms with Crippen LogP contribution in [-0.2, 0) is 6.42 Å². The molecule has 0 saturated carbocycles. The fourth-order valence-electron chi connectivity index (χ4n) is 5.48. The number of carbonyl (C=O) groups excluding carboxylic acids is 2. The maximum absolute atomic E-state index is 13.0. The van der Waals surface area contributed by atoms with Crippen LogP contribution in [0.1, 0.15) is 44.3 Å². The predicted octanol–water partition coefficient (Wildman–Crippen LogP) is 4.84. The molecule has 11 nitrogen and oxygen atoms in total. The van der Waals surface area contributed by atoms with Crippen molar-refractivity contribution in [2.75, 3.05) is 5.73 Å². The highest BCUT2D eigenvalue weighted by Gasteiger charge is 2.27. The number of hydrogen-bond donors (Lipinski definition) is 3. The van der Waals surface area contributed by atoms with Crippen LogP contribution in [0.4, 0.5) is 5.82 Å². The number of phenolic OH excluding ortho intramolecular Hbond substituents is 1. The first-order chi connectivity index (χ1) is 20.9. The van der Waals surface area contributed by atoms with Crippen molar-refractivity contribution in [3.05, 3.63) is 107 Å². The molecule has 4 aromatic heterocycles. The van der Waals surface area contributed by atoms with Gasteiger partial charge in [-0.1, -0.05) is 17.7 Å². The molecule has 12 heteroatoms. The van der Waals surface area contributed by atoms with Crippen molar-refractivity contribution >= 4 is 40.8 Å². The Balaban J connectivity index is 1.31. The second kappa shape index (κ2) is 10.4. The Morgan fingerprint density at radius 1 is 1.09 bits per heavy atom. The molecule has 6 aromatic rings. The number of nitrogen functional groups attached to an aromatic ring is 1. The quantitative estimate of drug-likeness (QED) is 0.233. The van der Waals surface area contributed by atoms with Crippen molar-refractivity contribution in [1.82, 2.24) is 34.6 Å². The lowest BCUT2D eigenvalue weighted by Gasteiger charge is -2.16. The van der Waals surface area contributed by atoms with Crippen LogP contribution < -0.4 is 11.1 Å². The number of aromatic hydroxyl groups is 1. The fraction of sp³-hybridized carbons (Fsp3) is 0.0968. The molecule has 0 unspecified atom stereocenters. The lowest BCUT2D eigenvalue weighted by atomic mass is 10.1. The molecule has 0 spiro atoms. The molecule has 0 saturated heterocycles. The van der Waals surface area contributed by atoms with Crippen molar-refractivity contribution in [3.8, 4) is 28.6 Å². The number of nitrogens with zero attached hydrogens (tertiary/aromatic N) is 6. The molecular formula is C31H23ClN8O3. The normalized spacial score (nSPS) is 14.1. The van der Waals surface area contributed by atoms with Crippen LogP contribution in [0.5, 0.6) is 5.75 Å². The van der Waals surface area contributed by atoms with Gasteiger partial charge in [0.1, 0.15) is 17.1 Å². The van der Waals surface area contributed by atoms with Gasteiger partial charge in [0.2, 0.25) is 0 Å². The van der Waals surface area contributed by atoms with E-state index < -0.39 is 0 Å². The van der Waals surface area contributed by atoms with Crippen molar-refractivity contribution < 1.29 is 14.7 Å². The van der Waals surface area contributed by atoms with E-state index >= 15 is 0 Å². The number of amides is 1. The first-order valence-electron chi connectivity index (χ1n) is 13.4. The minimum absolute atomic E-state index is 0.0613. The second-order valence-corrected chi connectivity index (χ2v) is 10.5. The van der Waals surface area contributed by atoms with Crippen molar-refractivity contribution in [2.45, 2.75) is 18.9 Å². The maximum atomic E-state index is 13.0. The van der Waals surface area contributed by atoms with Crippen molar-refractivity contribution in [2.24, 2.45) is 0 Å². The largest absolute Gasteiger partial charge is 0.507 e. The molecule has 4 heterocycles. The second-order valence-electron chi connectivity index (χ2n) is 10.1. The molecule has 1 aliphatic rings. The molecule has 4 N–H and O–H groups in total. The molecule has 0 bridgehead atoms. The van der Waals surface area contributed by atoms with Gasteiger partial charge in [-0.05, 0) is 72.5 Å². The monoisotopic (exact) mass is 590 g/mol. The van der Waals surface area contributed by atoms with Crippen LogP contribution in [0.25, 0.3) is 34.1 Å². The van der Waals surface area contributed by atoms with Gasteiger partial charge in [0.05, 0.1) is 22.2 Å². The average molecular weight is 591 g/mol. The summed E-state index contributed by atoms with van der Waals surface area (Å²) < 4.78 is 3.54. The summed E-state index contributed by atoms with van der Waals surface area (Å²) in [4.78, 5) is 38.3. The molecule has 0 fully saturated rings. The zero-order chi connectivity index (χ0) is 29.7. The van der Waals surface area contributed by atoms with Gasteiger partial charge in [-0.3, -0.25) is 14.2 Å². The highest BCUT2D eigenvalue weighted by Crippen LogP contribution is 2.37. The molecule has 1 aliphatic carbocycles. The summed E-state index contributed by atoms with van der Waals surface area (Å²) in [5.74, 6) is 0.889. The molecule has 1 amide bonds. The predicted molar refractivity (Wildman–Crippen MR) is 161 cm³/mol. The first kappa shape index (κ1) is 26.4. The van der Waals surface area contributed by atoms with Gasteiger partial charge in [-0.15, -0.1) is 0 Å². The zero-order valence-corrected chi connectivity index (χ0v) is 23.2. The number of aryl methyl sites for hydroxylation is 1. The number of fused-ring (bicyclic) bond motifs is 2. The van der Waals surface area contributed by atoms with Crippen LogP contribution >= 0.6 is 11.6 Å². The van der Waals surface area contributed by atoms with Crippen LogP contribution in [0.15, 0.2) is 79.3 Å². The number of imidazole rings is 1. The summed E-state index contributed by atoms with van der Waals surface area (Å²) >= 11 is 6.74. The topological polar surface area (TPSA) is 154 Å². The van der Waals surface area contributed by atoms with Gasteiger partial charge in [0.25, 0.3) is 5.91 Å². The van der Waals surface area contributed by atoms with Crippen LogP contribution in [0, 0.1) is 0 Å². The number of carbonyl (C=O) groups is 2. The Bertz CT molecular complexity index is 2050. The van der Waals surface area contributed by atoms with Gasteiger partial charge in [0, 0.05) is 35.9 Å². The Morgan fingerprint density at radius 2 is 1.98 bits per heavy atom. The number of anilines is 1. The maximum Gasteiger partial charge on any atom is 0.251 e. The molecular weight excluding hydrogens is 568 g/mol. The number of rotatable bonds is 6. The van der Waals surface area contributed by atoms with E-state index in [1.54, 1.807) is 41.5 Å². The smallest absolute Gasteiger partial charge is 0.251 e. The minimum atomic E-state index is -0.329. The third kappa shape index (κ3) is 4.56. The Kier molecular flexibility index (Phi) is 6.36. The summed E-state index contributed by atoms with van der Waals surface area (Å²) in [5.41, 5.74) is 11.1. The number of pyridine rings is 2. The summed E-state index contributed by atoms with van der Waals surface area (Å²) in [7, 11) is 0. The van der Waals surface area contributed by atoms with Gasteiger partial charge in [0.15, 0.2) is 23.6 Å². The fourth-order valence-corrected chi connectivity index (χ4v) is 5.70. The average Bonchev–Trinajstić information content (AvgIpc) is 3.77. The van der Waals surface area contributed by atoms with E-state index in [2.05, 4.69) is 21.5 Å². The number of nitrogens with one attached hydrogen (secondary N) is 1. The van der Waals surface area contributed by atoms with Crippen molar-refractivity contribution in [1.29, 1.82) is 0 Å². The lowest BCUT2D eigenvalue weighted by molar-refractivity contribution is 0.0936. The van der Waals surface area contributed by atoms with Gasteiger partial charge < -0.3 is 16.2 Å². The van der Waals surface area contributed by atoms with Crippen LogP contribution in [-0.4, -0.2) is 46.6 Å².